The molecule has 1 amide bonds. The molecule has 19 heavy (non-hydrogen) atoms. The molecule has 0 aliphatic heterocycles. The molecule has 0 aromatic heterocycles. The molecule has 1 aromatic rings. The first-order valence-corrected chi connectivity index (χ1v) is 6.63. The monoisotopic (exact) mass is 261 g/mol. The molecule has 0 saturated heterocycles. The summed E-state index contributed by atoms with van der Waals surface area (Å²) >= 11 is 0. The Morgan fingerprint density at radius 1 is 1.26 bits per heavy atom. The Morgan fingerprint density at radius 3 is 2.53 bits per heavy atom. The molecular weight excluding hydrogens is 242 g/mol. The van der Waals surface area contributed by atoms with Gasteiger partial charge in [-0.3, -0.25) is 9.59 Å². The number of carboxylic acids is 1. The molecule has 102 valence electrons. The van der Waals surface area contributed by atoms with Crippen molar-refractivity contribution in [2.24, 2.45) is 0 Å². The molecule has 1 N–H and O–H groups in total. The van der Waals surface area contributed by atoms with Gasteiger partial charge in [0.05, 0.1) is 6.42 Å². The second-order valence-electron chi connectivity index (χ2n) is 5.07. The fourth-order valence-corrected chi connectivity index (χ4v) is 2.14. The van der Waals surface area contributed by atoms with Crippen LogP contribution in [0, 0.1) is 6.92 Å². The van der Waals surface area contributed by atoms with Crippen LogP contribution >= 0.6 is 0 Å². The molecule has 1 aliphatic carbocycles. The highest BCUT2D eigenvalue weighted by Crippen LogP contribution is 2.29. The third-order valence-electron chi connectivity index (χ3n) is 3.46. The predicted octanol–water partition coefficient (Wildman–Crippen LogP) is 2.35. The third kappa shape index (κ3) is 3.81. The summed E-state index contributed by atoms with van der Waals surface area (Å²) in [4.78, 5) is 24.5. The largest absolute Gasteiger partial charge is 0.481 e. The molecule has 0 atom stereocenters. The van der Waals surface area contributed by atoms with Crippen molar-refractivity contribution in [1.29, 1.82) is 0 Å². The second kappa shape index (κ2) is 5.87. The van der Waals surface area contributed by atoms with Crippen LogP contribution in [0.1, 0.15) is 36.8 Å². The molecule has 2 rings (SSSR count). The van der Waals surface area contributed by atoms with E-state index < -0.39 is 5.97 Å². The molecule has 0 bridgehead atoms. The first-order valence-electron chi connectivity index (χ1n) is 6.63. The molecule has 0 unspecified atom stereocenters. The van der Waals surface area contributed by atoms with E-state index in [1.807, 2.05) is 36.1 Å². The summed E-state index contributed by atoms with van der Waals surface area (Å²) in [5, 5.41) is 8.66. The lowest BCUT2D eigenvalue weighted by Crippen LogP contribution is -2.33. The molecule has 0 spiro atoms. The summed E-state index contributed by atoms with van der Waals surface area (Å²) < 4.78 is 0. The van der Waals surface area contributed by atoms with Crippen LogP contribution in [0.15, 0.2) is 24.3 Å². The van der Waals surface area contributed by atoms with Gasteiger partial charge in [0.25, 0.3) is 0 Å². The van der Waals surface area contributed by atoms with Gasteiger partial charge in [-0.05, 0) is 30.9 Å². The van der Waals surface area contributed by atoms with Gasteiger partial charge < -0.3 is 10.0 Å². The lowest BCUT2D eigenvalue weighted by atomic mass is 10.1. The topological polar surface area (TPSA) is 57.6 Å². The Kier molecular flexibility index (Phi) is 4.20. The van der Waals surface area contributed by atoms with Crippen LogP contribution < -0.4 is 0 Å². The van der Waals surface area contributed by atoms with E-state index in [4.69, 9.17) is 5.11 Å². The number of amides is 1. The Hall–Kier alpha value is -1.84. The summed E-state index contributed by atoms with van der Waals surface area (Å²) in [6, 6.07) is 8.31. The van der Waals surface area contributed by atoms with Crippen molar-refractivity contribution >= 4 is 11.9 Å². The molecular formula is C15H19NO3. The summed E-state index contributed by atoms with van der Waals surface area (Å²) in [7, 11) is 0. The summed E-state index contributed by atoms with van der Waals surface area (Å²) in [6.07, 6.45) is 2.07. The Labute approximate surface area is 113 Å². The Morgan fingerprint density at radius 2 is 1.95 bits per heavy atom. The maximum absolute atomic E-state index is 12.1. The van der Waals surface area contributed by atoms with E-state index in [-0.39, 0.29) is 18.7 Å². The van der Waals surface area contributed by atoms with Crippen molar-refractivity contribution in [3.8, 4) is 0 Å². The van der Waals surface area contributed by atoms with Crippen LogP contribution in [0.5, 0.6) is 0 Å². The summed E-state index contributed by atoms with van der Waals surface area (Å²) in [6.45, 7) is 2.62. The van der Waals surface area contributed by atoms with Crippen molar-refractivity contribution in [2.45, 2.75) is 45.2 Å². The van der Waals surface area contributed by atoms with Gasteiger partial charge in [0.15, 0.2) is 0 Å². The number of aliphatic carboxylic acids is 1. The first-order chi connectivity index (χ1) is 9.08. The maximum Gasteiger partial charge on any atom is 0.303 e. The number of carbonyl (C=O) groups is 2. The third-order valence-corrected chi connectivity index (χ3v) is 3.46. The zero-order chi connectivity index (χ0) is 13.8. The van der Waals surface area contributed by atoms with Gasteiger partial charge in [0, 0.05) is 19.0 Å². The van der Waals surface area contributed by atoms with E-state index in [9.17, 15) is 9.59 Å². The number of carboxylic acid groups (broad SMARTS) is 1. The van der Waals surface area contributed by atoms with Gasteiger partial charge in [-0.2, -0.15) is 0 Å². The minimum atomic E-state index is -0.917. The van der Waals surface area contributed by atoms with E-state index in [1.54, 1.807) is 0 Å². The van der Waals surface area contributed by atoms with Gasteiger partial charge in [-0.25, -0.2) is 0 Å². The standard InChI is InChI=1S/C15H19NO3/c1-11-4-2-3-5-12(11)10-16(13-6-7-13)14(17)8-9-15(18)19/h2-5,13H,6-10H2,1H3,(H,18,19). The highest BCUT2D eigenvalue weighted by atomic mass is 16.4. The minimum absolute atomic E-state index is 0.0480. The fourth-order valence-electron chi connectivity index (χ4n) is 2.14. The van der Waals surface area contributed by atoms with Gasteiger partial charge in [0.1, 0.15) is 0 Å². The first kappa shape index (κ1) is 13.6. The molecule has 1 saturated carbocycles. The number of aryl methyl sites for hydroxylation is 1. The number of rotatable bonds is 6. The van der Waals surface area contributed by atoms with Crippen LogP contribution in [-0.4, -0.2) is 27.9 Å². The summed E-state index contributed by atoms with van der Waals surface area (Å²) in [5.41, 5.74) is 2.30. The second-order valence-corrected chi connectivity index (χ2v) is 5.07. The number of benzene rings is 1. The van der Waals surface area contributed by atoms with Gasteiger partial charge in [-0.1, -0.05) is 24.3 Å². The van der Waals surface area contributed by atoms with Crippen molar-refractivity contribution in [2.75, 3.05) is 0 Å². The van der Waals surface area contributed by atoms with Crippen LogP contribution in [0.25, 0.3) is 0 Å². The Balaban J connectivity index is 2.02. The van der Waals surface area contributed by atoms with E-state index >= 15 is 0 Å². The zero-order valence-corrected chi connectivity index (χ0v) is 11.1. The van der Waals surface area contributed by atoms with E-state index in [2.05, 4.69) is 0 Å². The molecule has 4 nitrogen and oxygen atoms in total. The van der Waals surface area contributed by atoms with E-state index in [0.29, 0.717) is 12.6 Å². The van der Waals surface area contributed by atoms with Crippen LogP contribution in [0.2, 0.25) is 0 Å². The van der Waals surface area contributed by atoms with Crippen molar-refractivity contribution < 1.29 is 14.7 Å². The van der Waals surface area contributed by atoms with Crippen molar-refractivity contribution in [3.63, 3.8) is 0 Å². The average molecular weight is 261 g/mol. The lowest BCUT2D eigenvalue weighted by molar-refractivity contribution is -0.141. The van der Waals surface area contributed by atoms with Gasteiger partial charge >= 0.3 is 5.97 Å². The highest BCUT2D eigenvalue weighted by Gasteiger charge is 2.32. The Bertz CT molecular complexity index is 480. The SMILES string of the molecule is Cc1ccccc1CN(C(=O)CCC(=O)O)C1CC1. The molecule has 0 heterocycles. The maximum atomic E-state index is 12.1. The smallest absolute Gasteiger partial charge is 0.303 e. The van der Waals surface area contributed by atoms with Gasteiger partial charge in [0.2, 0.25) is 5.91 Å². The normalized spacial score (nSPS) is 14.2. The van der Waals surface area contributed by atoms with Crippen molar-refractivity contribution in [3.05, 3.63) is 35.4 Å². The highest BCUT2D eigenvalue weighted by molar-refractivity contribution is 5.81. The van der Waals surface area contributed by atoms with E-state index in [1.165, 1.54) is 5.56 Å². The fraction of sp³-hybridized carbons (Fsp3) is 0.467. The number of nitrogens with zero attached hydrogens (tertiary/aromatic N) is 1. The molecule has 1 aromatic carbocycles. The van der Waals surface area contributed by atoms with Crippen LogP contribution in [0.4, 0.5) is 0 Å². The quantitative estimate of drug-likeness (QED) is 0.855. The van der Waals surface area contributed by atoms with E-state index in [0.717, 1.165) is 18.4 Å². The number of hydrogen-bond acceptors (Lipinski definition) is 2. The number of carbonyl (C=O) groups excluding carboxylic acids is 1. The molecule has 4 heteroatoms. The van der Waals surface area contributed by atoms with Crippen LogP contribution in [-0.2, 0) is 16.1 Å². The van der Waals surface area contributed by atoms with Crippen molar-refractivity contribution in [1.82, 2.24) is 4.90 Å². The zero-order valence-electron chi connectivity index (χ0n) is 11.1. The molecule has 0 radical (unpaired) electrons. The summed E-state index contributed by atoms with van der Waals surface area (Å²) in [5.74, 6) is -0.965. The average Bonchev–Trinajstić information content (AvgIpc) is 3.19. The molecule has 1 fully saturated rings. The number of hydrogen-bond donors (Lipinski definition) is 1. The van der Waals surface area contributed by atoms with Gasteiger partial charge in [-0.15, -0.1) is 0 Å². The minimum Gasteiger partial charge on any atom is -0.481 e. The molecule has 1 aliphatic rings. The van der Waals surface area contributed by atoms with Crippen LogP contribution in [0.3, 0.4) is 0 Å². The predicted molar refractivity (Wildman–Crippen MR) is 71.6 cm³/mol. The lowest BCUT2D eigenvalue weighted by Gasteiger charge is -2.23.